The Labute approximate surface area is 85.3 Å². The lowest BCUT2D eigenvalue weighted by Gasteiger charge is -2.15. The van der Waals surface area contributed by atoms with Crippen molar-refractivity contribution < 1.29 is 9.67 Å². The zero-order chi connectivity index (χ0) is 10.4. The topological polar surface area (TPSA) is 37.3 Å². The highest BCUT2D eigenvalue weighted by molar-refractivity contribution is 7.71. The lowest BCUT2D eigenvalue weighted by Crippen LogP contribution is -2.10. The van der Waals surface area contributed by atoms with Gasteiger partial charge in [-0.15, -0.1) is 0 Å². The lowest BCUT2D eigenvalue weighted by molar-refractivity contribution is 0.295. The van der Waals surface area contributed by atoms with Gasteiger partial charge < -0.3 is 9.67 Å². The molecule has 0 saturated heterocycles. The summed E-state index contributed by atoms with van der Waals surface area (Å²) in [6.07, 6.45) is 1.92. The van der Waals surface area contributed by atoms with Crippen molar-refractivity contribution >= 4 is 12.4 Å². The van der Waals surface area contributed by atoms with Gasteiger partial charge in [0.15, 0.2) is 0 Å². The molecule has 0 spiro atoms. The van der Waals surface area contributed by atoms with Crippen LogP contribution in [0.15, 0.2) is 30.3 Å². The average molecular weight is 212 g/mol. The zero-order valence-corrected chi connectivity index (χ0v) is 9.41. The Morgan fingerprint density at radius 1 is 1.29 bits per heavy atom. The number of benzene rings is 1. The Balaban J connectivity index is 2.85. The van der Waals surface area contributed by atoms with Crippen LogP contribution < -0.4 is 5.30 Å². The summed E-state index contributed by atoms with van der Waals surface area (Å²) in [5.41, 5.74) is 0. The summed E-state index contributed by atoms with van der Waals surface area (Å²) in [5, 5.41) is 9.69. The first-order valence-corrected chi connectivity index (χ1v) is 7.05. The molecule has 0 heterocycles. The number of hydrogen-bond acceptors (Lipinski definition) is 2. The van der Waals surface area contributed by atoms with Crippen molar-refractivity contribution in [3.05, 3.63) is 30.3 Å². The van der Waals surface area contributed by atoms with Crippen molar-refractivity contribution in [3.63, 3.8) is 0 Å². The van der Waals surface area contributed by atoms with Crippen LogP contribution in [-0.4, -0.2) is 24.0 Å². The molecule has 0 amide bonds. The summed E-state index contributed by atoms with van der Waals surface area (Å²) in [4.78, 5) is 0. The van der Waals surface area contributed by atoms with Crippen LogP contribution in [0.25, 0.3) is 0 Å². The van der Waals surface area contributed by atoms with Gasteiger partial charge in [0.05, 0.1) is 0 Å². The van der Waals surface area contributed by atoms with E-state index in [1.165, 1.54) is 0 Å². The minimum absolute atomic E-state index is 0.122. The quantitative estimate of drug-likeness (QED) is 0.759. The summed E-state index contributed by atoms with van der Waals surface area (Å²) in [5.74, 6) is 0. The third-order valence-electron chi connectivity index (χ3n) is 2.42. The largest absolute Gasteiger partial charge is 0.396 e. The maximum absolute atomic E-state index is 12.4. The van der Waals surface area contributed by atoms with Crippen LogP contribution >= 0.6 is 7.14 Å². The summed E-state index contributed by atoms with van der Waals surface area (Å²) in [6.45, 7) is 2.07. The van der Waals surface area contributed by atoms with Crippen molar-refractivity contribution in [2.45, 2.75) is 13.3 Å². The van der Waals surface area contributed by atoms with E-state index in [1.807, 2.05) is 37.3 Å². The van der Waals surface area contributed by atoms with E-state index < -0.39 is 7.14 Å². The van der Waals surface area contributed by atoms with Gasteiger partial charge in [-0.1, -0.05) is 37.3 Å². The number of aliphatic hydroxyl groups excluding tert-OH is 1. The molecule has 2 nitrogen and oxygen atoms in total. The second kappa shape index (κ2) is 5.33. The number of aliphatic hydroxyl groups is 1. The molecule has 3 heteroatoms. The van der Waals surface area contributed by atoms with Crippen LogP contribution in [0.4, 0.5) is 0 Å². The molecule has 1 aromatic carbocycles. The molecular weight excluding hydrogens is 195 g/mol. The summed E-state index contributed by atoms with van der Waals surface area (Å²) >= 11 is 0. The summed E-state index contributed by atoms with van der Waals surface area (Å²) < 4.78 is 12.4. The average Bonchev–Trinajstić information content (AvgIpc) is 2.27. The van der Waals surface area contributed by atoms with Crippen LogP contribution in [0.1, 0.15) is 13.3 Å². The first-order chi connectivity index (χ1) is 6.73. The van der Waals surface area contributed by atoms with E-state index in [0.29, 0.717) is 18.7 Å². The minimum Gasteiger partial charge on any atom is -0.396 e. The molecule has 14 heavy (non-hydrogen) atoms. The summed E-state index contributed by atoms with van der Waals surface area (Å²) in [7, 11) is -2.23. The molecule has 1 rings (SSSR count). The van der Waals surface area contributed by atoms with Gasteiger partial charge in [0, 0.05) is 24.2 Å². The highest BCUT2D eigenvalue weighted by atomic mass is 31.2. The predicted octanol–water partition coefficient (Wildman–Crippen LogP) is 2.08. The molecule has 0 aliphatic rings. The lowest BCUT2D eigenvalue weighted by atomic mass is 10.4. The van der Waals surface area contributed by atoms with Crippen molar-refractivity contribution in [2.75, 3.05) is 18.9 Å². The SMILES string of the molecule is CC[P@](=O)(CCCO)c1ccccc1. The Kier molecular flexibility index (Phi) is 4.37. The first-order valence-electron chi connectivity index (χ1n) is 4.97. The molecule has 1 atom stereocenters. The van der Waals surface area contributed by atoms with Crippen LogP contribution in [-0.2, 0) is 4.57 Å². The van der Waals surface area contributed by atoms with Gasteiger partial charge in [-0.2, -0.15) is 0 Å². The van der Waals surface area contributed by atoms with Crippen LogP contribution in [0.5, 0.6) is 0 Å². The number of rotatable bonds is 5. The third kappa shape index (κ3) is 2.70. The molecule has 0 unspecified atom stereocenters. The van der Waals surface area contributed by atoms with Crippen molar-refractivity contribution in [2.24, 2.45) is 0 Å². The van der Waals surface area contributed by atoms with Gasteiger partial charge in [-0.05, 0) is 6.42 Å². The van der Waals surface area contributed by atoms with Crippen LogP contribution in [0.2, 0.25) is 0 Å². The Hall–Kier alpha value is -0.590. The van der Waals surface area contributed by atoms with Crippen molar-refractivity contribution in [1.82, 2.24) is 0 Å². The van der Waals surface area contributed by atoms with Crippen LogP contribution in [0.3, 0.4) is 0 Å². The molecule has 1 N–H and O–H groups in total. The molecule has 0 bridgehead atoms. The zero-order valence-electron chi connectivity index (χ0n) is 8.52. The molecular formula is C11H17O2P. The Bertz CT molecular complexity index is 308. The van der Waals surface area contributed by atoms with E-state index in [-0.39, 0.29) is 6.61 Å². The van der Waals surface area contributed by atoms with Crippen molar-refractivity contribution in [1.29, 1.82) is 0 Å². The van der Waals surface area contributed by atoms with Gasteiger partial charge in [-0.3, -0.25) is 0 Å². The van der Waals surface area contributed by atoms with Gasteiger partial charge in [-0.25, -0.2) is 0 Å². The fourth-order valence-electron chi connectivity index (χ4n) is 1.50. The smallest absolute Gasteiger partial charge is 0.115 e. The molecule has 0 aliphatic heterocycles. The van der Waals surface area contributed by atoms with E-state index >= 15 is 0 Å². The van der Waals surface area contributed by atoms with Gasteiger partial charge in [0.2, 0.25) is 0 Å². The van der Waals surface area contributed by atoms with Crippen LogP contribution in [0, 0.1) is 0 Å². The van der Waals surface area contributed by atoms with Crippen molar-refractivity contribution in [3.8, 4) is 0 Å². The fourth-order valence-corrected chi connectivity index (χ4v) is 3.80. The van der Waals surface area contributed by atoms with E-state index in [2.05, 4.69) is 0 Å². The second-order valence-electron chi connectivity index (χ2n) is 3.34. The highest BCUT2D eigenvalue weighted by Crippen LogP contribution is 2.44. The van der Waals surface area contributed by atoms with E-state index in [4.69, 9.17) is 5.11 Å². The Morgan fingerprint density at radius 2 is 1.93 bits per heavy atom. The Morgan fingerprint density at radius 3 is 2.43 bits per heavy atom. The van der Waals surface area contributed by atoms with Gasteiger partial charge in [0.25, 0.3) is 0 Å². The second-order valence-corrected chi connectivity index (χ2v) is 6.72. The molecule has 0 fully saturated rings. The van der Waals surface area contributed by atoms with Gasteiger partial charge in [0.1, 0.15) is 7.14 Å². The molecule has 0 aliphatic carbocycles. The predicted molar refractivity (Wildman–Crippen MR) is 60.8 cm³/mol. The van der Waals surface area contributed by atoms with E-state index in [0.717, 1.165) is 5.30 Å². The highest BCUT2D eigenvalue weighted by Gasteiger charge is 2.20. The maximum Gasteiger partial charge on any atom is 0.115 e. The molecule has 78 valence electrons. The fraction of sp³-hybridized carbons (Fsp3) is 0.455. The third-order valence-corrected chi connectivity index (χ3v) is 5.71. The maximum atomic E-state index is 12.4. The molecule has 0 saturated carbocycles. The van der Waals surface area contributed by atoms with E-state index in [9.17, 15) is 4.57 Å². The number of hydrogen-bond donors (Lipinski definition) is 1. The molecule has 0 radical (unpaired) electrons. The minimum atomic E-state index is -2.23. The van der Waals surface area contributed by atoms with Gasteiger partial charge >= 0.3 is 0 Å². The molecule has 0 aromatic heterocycles. The standard InChI is InChI=1S/C11H17O2P/c1-2-14(13,10-6-9-12)11-7-4-3-5-8-11/h3-5,7-8,12H,2,6,9-10H2,1H3/t14-/m0/s1. The summed E-state index contributed by atoms with van der Waals surface area (Å²) in [6, 6.07) is 9.59. The normalized spacial score (nSPS) is 15.0. The molecule has 1 aromatic rings. The first kappa shape index (κ1) is 11.5. The monoisotopic (exact) mass is 212 g/mol. The van der Waals surface area contributed by atoms with E-state index in [1.54, 1.807) is 0 Å².